The molecule has 1 rings (SSSR count). The van der Waals surface area contributed by atoms with E-state index >= 15 is 0 Å². The highest BCUT2D eigenvalue weighted by atomic mass is 32.2. The van der Waals surface area contributed by atoms with Gasteiger partial charge in [-0.25, -0.2) is 0 Å². The minimum atomic E-state index is 0.0404. The summed E-state index contributed by atoms with van der Waals surface area (Å²) in [5, 5.41) is 6.12. The van der Waals surface area contributed by atoms with Gasteiger partial charge in [-0.3, -0.25) is 4.79 Å². The fourth-order valence-corrected chi connectivity index (χ4v) is 2.23. The molecule has 1 aromatic carbocycles. The van der Waals surface area contributed by atoms with Crippen LogP contribution in [0.3, 0.4) is 0 Å². The van der Waals surface area contributed by atoms with Crippen LogP contribution in [-0.2, 0) is 11.3 Å². The third-order valence-corrected chi connectivity index (χ3v) is 3.50. The molecule has 3 nitrogen and oxygen atoms in total. The summed E-state index contributed by atoms with van der Waals surface area (Å²) in [5.74, 6) is 0.486. The van der Waals surface area contributed by atoms with Crippen LogP contribution in [0.15, 0.2) is 41.8 Å². The summed E-state index contributed by atoms with van der Waals surface area (Å²) in [6.07, 6.45) is 2.83. The van der Waals surface area contributed by atoms with Gasteiger partial charge in [0.1, 0.15) is 0 Å². The van der Waals surface area contributed by atoms with Crippen molar-refractivity contribution in [2.75, 3.05) is 18.8 Å². The molecule has 0 spiro atoms. The highest BCUT2D eigenvalue weighted by molar-refractivity contribution is 8.00. The van der Waals surface area contributed by atoms with Crippen molar-refractivity contribution in [3.8, 4) is 0 Å². The summed E-state index contributed by atoms with van der Waals surface area (Å²) in [6, 6.07) is 8.34. The van der Waals surface area contributed by atoms with E-state index in [1.165, 1.54) is 5.56 Å². The number of hydrogen-bond donors (Lipinski definition) is 2. The third-order valence-electron chi connectivity index (χ3n) is 2.49. The normalized spacial score (nSPS) is 10.2. The van der Waals surface area contributed by atoms with E-state index in [4.69, 9.17) is 0 Å². The molecule has 104 valence electrons. The molecule has 4 heteroatoms. The van der Waals surface area contributed by atoms with Crippen LogP contribution in [0.5, 0.6) is 0 Å². The number of nitrogens with one attached hydrogen (secondary N) is 2. The lowest BCUT2D eigenvalue weighted by molar-refractivity contribution is -0.118. The van der Waals surface area contributed by atoms with E-state index in [1.807, 2.05) is 0 Å². The van der Waals surface area contributed by atoms with Crippen molar-refractivity contribution < 1.29 is 4.79 Å². The Bertz CT molecular complexity index is 390. The molecule has 1 amide bonds. The third kappa shape index (κ3) is 7.03. The molecule has 0 radical (unpaired) electrons. The first-order valence-electron chi connectivity index (χ1n) is 6.56. The van der Waals surface area contributed by atoms with E-state index in [2.05, 4.69) is 48.4 Å². The zero-order valence-electron chi connectivity index (χ0n) is 11.4. The minimum absolute atomic E-state index is 0.0404. The molecule has 0 bridgehead atoms. The van der Waals surface area contributed by atoms with Crippen molar-refractivity contribution in [2.45, 2.75) is 24.8 Å². The molecule has 0 unspecified atom stereocenters. The maximum atomic E-state index is 11.4. The molecular formula is C15H22N2OS. The molecule has 0 heterocycles. The second-order valence-electron chi connectivity index (χ2n) is 4.20. The number of amides is 1. The van der Waals surface area contributed by atoms with Gasteiger partial charge in [-0.05, 0) is 30.7 Å². The van der Waals surface area contributed by atoms with E-state index in [-0.39, 0.29) is 5.91 Å². The molecule has 2 N–H and O–H groups in total. The average molecular weight is 278 g/mol. The molecule has 19 heavy (non-hydrogen) atoms. The summed E-state index contributed by atoms with van der Waals surface area (Å²) in [4.78, 5) is 12.5. The van der Waals surface area contributed by atoms with Gasteiger partial charge in [0.05, 0.1) is 5.75 Å². The van der Waals surface area contributed by atoms with Crippen molar-refractivity contribution >= 4 is 17.7 Å². The number of rotatable bonds is 9. The molecule has 0 saturated carbocycles. The van der Waals surface area contributed by atoms with Crippen molar-refractivity contribution in [3.63, 3.8) is 0 Å². The van der Waals surface area contributed by atoms with Gasteiger partial charge in [-0.1, -0.05) is 25.1 Å². The van der Waals surface area contributed by atoms with Crippen LogP contribution in [0.25, 0.3) is 0 Å². The number of carbonyl (C=O) groups is 1. The van der Waals surface area contributed by atoms with Crippen LogP contribution < -0.4 is 10.6 Å². The van der Waals surface area contributed by atoms with Crippen LogP contribution in [0.1, 0.15) is 18.9 Å². The predicted molar refractivity (Wildman–Crippen MR) is 82.4 cm³/mol. The van der Waals surface area contributed by atoms with Crippen molar-refractivity contribution in [3.05, 3.63) is 42.5 Å². The Balaban J connectivity index is 2.31. The summed E-state index contributed by atoms with van der Waals surface area (Å²) in [6.45, 7) is 8.19. The molecule has 0 fully saturated rings. The van der Waals surface area contributed by atoms with Crippen molar-refractivity contribution in [1.82, 2.24) is 10.6 Å². The maximum absolute atomic E-state index is 11.4. The van der Waals surface area contributed by atoms with Gasteiger partial charge < -0.3 is 10.6 Å². The summed E-state index contributed by atoms with van der Waals surface area (Å²) < 4.78 is 0. The highest BCUT2D eigenvalue weighted by Crippen LogP contribution is 2.18. The SMILES string of the molecule is C=CCNC(=O)CSc1ccc(CNCCC)cc1. The lowest BCUT2D eigenvalue weighted by atomic mass is 10.2. The summed E-state index contributed by atoms with van der Waals surface area (Å²) in [7, 11) is 0. The van der Waals surface area contributed by atoms with Crippen molar-refractivity contribution in [2.24, 2.45) is 0 Å². The topological polar surface area (TPSA) is 41.1 Å². The Morgan fingerprint density at radius 1 is 1.37 bits per heavy atom. The maximum Gasteiger partial charge on any atom is 0.230 e. The molecule has 0 atom stereocenters. The van der Waals surface area contributed by atoms with Gasteiger partial charge in [0.15, 0.2) is 0 Å². The van der Waals surface area contributed by atoms with Crippen LogP contribution in [-0.4, -0.2) is 24.7 Å². The summed E-state index contributed by atoms with van der Waals surface area (Å²) in [5.41, 5.74) is 1.27. The minimum Gasteiger partial charge on any atom is -0.352 e. The lowest BCUT2D eigenvalue weighted by Gasteiger charge is -2.05. The van der Waals surface area contributed by atoms with Gasteiger partial charge in [0.2, 0.25) is 5.91 Å². The second kappa shape index (κ2) is 9.64. The first-order chi connectivity index (χ1) is 9.26. The van der Waals surface area contributed by atoms with Crippen molar-refractivity contribution in [1.29, 1.82) is 0 Å². The molecule has 0 aliphatic rings. The number of carbonyl (C=O) groups excluding carboxylic acids is 1. The monoisotopic (exact) mass is 278 g/mol. The first kappa shape index (κ1) is 15.8. The largest absolute Gasteiger partial charge is 0.352 e. The van der Waals surface area contributed by atoms with Crippen LogP contribution in [0, 0.1) is 0 Å². The summed E-state index contributed by atoms with van der Waals surface area (Å²) >= 11 is 1.55. The quantitative estimate of drug-likeness (QED) is 0.414. The van der Waals surface area contributed by atoms with Gasteiger partial charge in [-0.15, -0.1) is 18.3 Å². The van der Waals surface area contributed by atoms with E-state index in [9.17, 15) is 4.79 Å². The zero-order valence-corrected chi connectivity index (χ0v) is 12.3. The smallest absolute Gasteiger partial charge is 0.230 e. The Kier molecular flexibility index (Phi) is 8.02. The second-order valence-corrected chi connectivity index (χ2v) is 5.25. The van der Waals surface area contributed by atoms with Crippen LogP contribution in [0.2, 0.25) is 0 Å². The van der Waals surface area contributed by atoms with Crippen LogP contribution >= 0.6 is 11.8 Å². The highest BCUT2D eigenvalue weighted by Gasteiger charge is 2.01. The fraction of sp³-hybridized carbons (Fsp3) is 0.400. The van der Waals surface area contributed by atoms with E-state index in [0.717, 1.165) is 24.4 Å². The van der Waals surface area contributed by atoms with Gasteiger partial charge in [0.25, 0.3) is 0 Å². The molecule has 0 aromatic heterocycles. The van der Waals surface area contributed by atoms with Gasteiger partial charge in [-0.2, -0.15) is 0 Å². The Morgan fingerprint density at radius 2 is 2.11 bits per heavy atom. The lowest BCUT2D eigenvalue weighted by Crippen LogP contribution is -2.24. The predicted octanol–water partition coefficient (Wildman–Crippen LogP) is 2.58. The average Bonchev–Trinajstić information content (AvgIpc) is 2.44. The Hall–Kier alpha value is -1.26. The first-order valence-corrected chi connectivity index (χ1v) is 7.55. The molecule has 0 saturated heterocycles. The molecule has 0 aliphatic carbocycles. The van der Waals surface area contributed by atoms with E-state index < -0.39 is 0 Å². The molecular weight excluding hydrogens is 256 g/mol. The number of hydrogen-bond acceptors (Lipinski definition) is 3. The molecule has 0 aliphatic heterocycles. The van der Waals surface area contributed by atoms with Gasteiger partial charge >= 0.3 is 0 Å². The van der Waals surface area contributed by atoms with Gasteiger partial charge in [0, 0.05) is 18.0 Å². The Labute approximate surface area is 119 Å². The number of benzene rings is 1. The fourth-order valence-electron chi connectivity index (χ4n) is 1.50. The van der Waals surface area contributed by atoms with E-state index in [1.54, 1.807) is 17.8 Å². The number of thioether (sulfide) groups is 1. The standard InChI is InChI=1S/C15H22N2OS/c1-3-9-16-11-13-5-7-14(8-6-13)19-12-15(18)17-10-4-2/h4-8,16H,2-3,9-12H2,1H3,(H,17,18). The molecule has 1 aromatic rings. The zero-order chi connectivity index (χ0) is 13.9. The van der Waals surface area contributed by atoms with Crippen LogP contribution in [0.4, 0.5) is 0 Å². The van der Waals surface area contributed by atoms with E-state index in [0.29, 0.717) is 12.3 Å². The Morgan fingerprint density at radius 3 is 2.74 bits per heavy atom.